The molecule has 0 aliphatic carbocycles. The molecule has 1 aromatic rings. The number of benzene rings is 1. The van der Waals surface area contributed by atoms with E-state index in [2.05, 4.69) is 0 Å². The zero-order valence-electron chi connectivity index (χ0n) is 12.8. The molecule has 2 aliphatic rings. The summed E-state index contributed by atoms with van der Waals surface area (Å²) in [6, 6.07) is 7.73. The summed E-state index contributed by atoms with van der Waals surface area (Å²) < 4.78 is 21.7. The molecular formula is C17H20O5. The van der Waals surface area contributed by atoms with E-state index >= 15 is 0 Å². The van der Waals surface area contributed by atoms with E-state index in [-0.39, 0.29) is 23.9 Å². The molecule has 0 unspecified atom stereocenters. The summed E-state index contributed by atoms with van der Waals surface area (Å²) in [5, 5.41) is 0. The Bertz CT molecular complexity index is 563. The minimum atomic E-state index is -0.467. The molecule has 0 N–H and O–H groups in total. The first kappa shape index (κ1) is 14.9. The van der Waals surface area contributed by atoms with Gasteiger partial charge in [-0.05, 0) is 36.6 Å². The van der Waals surface area contributed by atoms with Crippen LogP contribution in [0.1, 0.15) is 24.5 Å². The molecule has 118 valence electrons. The fourth-order valence-corrected chi connectivity index (χ4v) is 3.06. The summed E-state index contributed by atoms with van der Waals surface area (Å²) in [4.78, 5) is 11.8. The molecule has 1 saturated heterocycles. The summed E-state index contributed by atoms with van der Waals surface area (Å²) in [7, 11) is 2.98. The highest BCUT2D eigenvalue weighted by molar-refractivity contribution is 5.86. The molecule has 1 fully saturated rings. The van der Waals surface area contributed by atoms with Crippen LogP contribution in [-0.4, -0.2) is 32.9 Å². The average Bonchev–Trinajstić information content (AvgIpc) is 2.60. The van der Waals surface area contributed by atoms with E-state index in [9.17, 15) is 4.79 Å². The predicted octanol–water partition coefficient (Wildman–Crippen LogP) is 2.62. The average molecular weight is 304 g/mol. The third kappa shape index (κ3) is 2.81. The topological polar surface area (TPSA) is 54.0 Å². The van der Waals surface area contributed by atoms with Gasteiger partial charge in [0.2, 0.25) is 5.76 Å². The van der Waals surface area contributed by atoms with Crippen molar-refractivity contribution in [3.8, 4) is 5.75 Å². The second-order valence-electron chi connectivity index (χ2n) is 5.48. The molecule has 0 amide bonds. The molecule has 0 saturated carbocycles. The van der Waals surface area contributed by atoms with Gasteiger partial charge in [-0.2, -0.15) is 0 Å². The van der Waals surface area contributed by atoms with E-state index in [0.717, 1.165) is 24.2 Å². The van der Waals surface area contributed by atoms with Crippen molar-refractivity contribution in [3.05, 3.63) is 41.7 Å². The minimum Gasteiger partial charge on any atom is -0.497 e. The fourth-order valence-electron chi connectivity index (χ4n) is 3.06. The number of fused-ring (bicyclic) bond motifs is 1. The van der Waals surface area contributed by atoms with Gasteiger partial charge in [-0.15, -0.1) is 0 Å². The third-order valence-electron chi connectivity index (χ3n) is 4.20. The number of ether oxygens (including phenoxy) is 4. The summed E-state index contributed by atoms with van der Waals surface area (Å²) >= 11 is 0. The van der Waals surface area contributed by atoms with Crippen molar-refractivity contribution in [2.75, 3.05) is 20.8 Å². The van der Waals surface area contributed by atoms with Crippen molar-refractivity contribution in [2.45, 2.75) is 25.0 Å². The Morgan fingerprint density at radius 1 is 1.23 bits per heavy atom. The van der Waals surface area contributed by atoms with Gasteiger partial charge in [0.25, 0.3) is 0 Å². The van der Waals surface area contributed by atoms with Crippen molar-refractivity contribution >= 4 is 5.97 Å². The molecule has 2 aliphatic heterocycles. The zero-order chi connectivity index (χ0) is 15.5. The number of hydrogen-bond donors (Lipinski definition) is 0. The highest BCUT2D eigenvalue weighted by Gasteiger charge is 2.40. The quantitative estimate of drug-likeness (QED) is 0.804. The van der Waals surface area contributed by atoms with Gasteiger partial charge in [-0.25, -0.2) is 4.79 Å². The molecule has 5 heteroatoms. The van der Waals surface area contributed by atoms with Crippen LogP contribution in [0.3, 0.4) is 0 Å². The maximum absolute atomic E-state index is 11.8. The molecule has 0 aromatic heterocycles. The van der Waals surface area contributed by atoms with Gasteiger partial charge in [0, 0.05) is 12.5 Å². The Hall–Kier alpha value is -2.01. The monoisotopic (exact) mass is 304 g/mol. The molecule has 1 aromatic carbocycles. The largest absolute Gasteiger partial charge is 0.497 e. The SMILES string of the molecule is COC(=O)C1=C[C@@H]2OCCC[C@H]2[C@H](c2ccc(OC)cc2)O1. The number of carbonyl (C=O) groups excluding carboxylic acids is 1. The number of esters is 1. The number of hydrogen-bond acceptors (Lipinski definition) is 5. The lowest BCUT2D eigenvalue weighted by molar-refractivity contribution is -0.146. The summed E-state index contributed by atoms with van der Waals surface area (Å²) in [6.45, 7) is 0.710. The molecule has 0 bridgehead atoms. The van der Waals surface area contributed by atoms with E-state index in [1.807, 2.05) is 24.3 Å². The lowest BCUT2D eigenvalue weighted by Gasteiger charge is -2.39. The first-order valence-electron chi connectivity index (χ1n) is 7.45. The number of methoxy groups -OCH3 is 2. The lowest BCUT2D eigenvalue weighted by atomic mass is 9.83. The summed E-state index contributed by atoms with van der Waals surface area (Å²) in [5.41, 5.74) is 1.01. The Balaban J connectivity index is 1.90. The van der Waals surface area contributed by atoms with Crippen molar-refractivity contribution in [1.82, 2.24) is 0 Å². The van der Waals surface area contributed by atoms with Crippen LogP contribution < -0.4 is 4.74 Å². The van der Waals surface area contributed by atoms with Crippen molar-refractivity contribution < 1.29 is 23.7 Å². The van der Waals surface area contributed by atoms with Crippen LogP contribution in [0.5, 0.6) is 5.75 Å². The molecule has 22 heavy (non-hydrogen) atoms. The Morgan fingerprint density at radius 2 is 2.00 bits per heavy atom. The van der Waals surface area contributed by atoms with Gasteiger partial charge in [0.15, 0.2) is 0 Å². The van der Waals surface area contributed by atoms with Crippen LogP contribution in [0.2, 0.25) is 0 Å². The van der Waals surface area contributed by atoms with Crippen molar-refractivity contribution in [1.29, 1.82) is 0 Å². The van der Waals surface area contributed by atoms with E-state index < -0.39 is 5.97 Å². The normalized spacial score (nSPS) is 27.2. The van der Waals surface area contributed by atoms with Crippen molar-refractivity contribution in [2.24, 2.45) is 5.92 Å². The van der Waals surface area contributed by atoms with Crippen molar-refractivity contribution in [3.63, 3.8) is 0 Å². The third-order valence-corrected chi connectivity index (χ3v) is 4.20. The maximum atomic E-state index is 11.8. The summed E-state index contributed by atoms with van der Waals surface area (Å²) in [5.74, 6) is 0.757. The predicted molar refractivity (Wildman–Crippen MR) is 79.4 cm³/mol. The molecule has 3 atom stereocenters. The Labute approximate surface area is 129 Å². The van der Waals surface area contributed by atoms with Gasteiger partial charge in [0.05, 0.1) is 20.3 Å². The first-order valence-corrected chi connectivity index (χ1v) is 7.45. The molecule has 2 heterocycles. The lowest BCUT2D eigenvalue weighted by Crippen LogP contribution is -2.38. The van der Waals surface area contributed by atoms with E-state index in [0.29, 0.717) is 6.61 Å². The molecule has 5 nitrogen and oxygen atoms in total. The Morgan fingerprint density at radius 3 is 2.68 bits per heavy atom. The second-order valence-corrected chi connectivity index (χ2v) is 5.48. The van der Waals surface area contributed by atoms with E-state index in [1.165, 1.54) is 7.11 Å². The van der Waals surface area contributed by atoms with Crippen LogP contribution in [-0.2, 0) is 19.0 Å². The van der Waals surface area contributed by atoms with Gasteiger partial charge < -0.3 is 18.9 Å². The first-order chi connectivity index (χ1) is 10.7. The van der Waals surface area contributed by atoms with E-state index in [1.54, 1.807) is 13.2 Å². The van der Waals surface area contributed by atoms with E-state index in [4.69, 9.17) is 18.9 Å². The van der Waals surface area contributed by atoms with Crippen LogP contribution >= 0.6 is 0 Å². The maximum Gasteiger partial charge on any atom is 0.373 e. The van der Waals surface area contributed by atoms with Gasteiger partial charge >= 0.3 is 5.97 Å². The van der Waals surface area contributed by atoms with Crippen LogP contribution in [0.25, 0.3) is 0 Å². The minimum absolute atomic E-state index is 0.108. The highest BCUT2D eigenvalue weighted by Crippen LogP contribution is 2.41. The molecular weight excluding hydrogens is 284 g/mol. The van der Waals surface area contributed by atoms with Crippen LogP contribution in [0.4, 0.5) is 0 Å². The van der Waals surface area contributed by atoms with Gasteiger partial charge in [-0.1, -0.05) is 12.1 Å². The standard InChI is InChI=1S/C17H20O5/c1-19-12-7-5-11(6-8-12)16-13-4-3-9-21-14(13)10-15(22-16)17(18)20-2/h5-8,10,13-14,16H,3-4,9H2,1-2H3/t13-,14+,16+/m1/s1. The summed E-state index contributed by atoms with van der Waals surface area (Å²) in [6.07, 6.45) is 3.43. The van der Waals surface area contributed by atoms with Gasteiger partial charge in [-0.3, -0.25) is 0 Å². The molecule has 3 rings (SSSR count). The molecule has 0 spiro atoms. The fraction of sp³-hybridized carbons (Fsp3) is 0.471. The van der Waals surface area contributed by atoms with Crippen LogP contribution in [0, 0.1) is 5.92 Å². The number of rotatable bonds is 3. The smallest absolute Gasteiger partial charge is 0.373 e. The second kappa shape index (κ2) is 6.40. The van der Waals surface area contributed by atoms with Crippen LogP contribution in [0.15, 0.2) is 36.1 Å². The van der Waals surface area contributed by atoms with Gasteiger partial charge in [0.1, 0.15) is 11.9 Å². The number of carbonyl (C=O) groups is 1. The highest BCUT2D eigenvalue weighted by atomic mass is 16.6. The molecule has 0 radical (unpaired) electrons. The zero-order valence-corrected chi connectivity index (χ0v) is 12.8. The Kier molecular flexibility index (Phi) is 4.34.